The van der Waals surface area contributed by atoms with E-state index >= 15 is 0 Å². The van der Waals surface area contributed by atoms with Crippen molar-refractivity contribution in [2.45, 2.75) is 38.1 Å². The van der Waals surface area contributed by atoms with Gasteiger partial charge in [0.25, 0.3) is 5.91 Å². The lowest BCUT2D eigenvalue weighted by atomic mass is 10.1. The van der Waals surface area contributed by atoms with E-state index in [1.54, 1.807) is 24.3 Å². The van der Waals surface area contributed by atoms with Gasteiger partial charge in [0, 0.05) is 22.7 Å². The monoisotopic (exact) mass is 399 g/mol. The summed E-state index contributed by atoms with van der Waals surface area (Å²) in [7, 11) is 0. The van der Waals surface area contributed by atoms with Crippen molar-refractivity contribution < 1.29 is 14.4 Å². The van der Waals surface area contributed by atoms with Crippen molar-refractivity contribution in [1.82, 2.24) is 5.32 Å². The number of carbonyl (C=O) groups excluding carboxylic acids is 3. The Hall–Kier alpha value is -2.86. The Morgan fingerprint density at radius 3 is 2.46 bits per heavy atom. The van der Waals surface area contributed by atoms with Crippen molar-refractivity contribution in [3.63, 3.8) is 0 Å². The Morgan fingerprint density at radius 1 is 1.04 bits per heavy atom. The first-order valence-corrected chi connectivity index (χ1v) is 9.57. The second-order valence-electron chi connectivity index (χ2n) is 6.86. The summed E-state index contributed by atoms with van der Waals surface area (Å²) in [5.74, 6) is -1.34. The maximum atomic E-state index is 12.7. The van der Waals surface area contributed by atoms with Crippen LogP contribution in [0.15, 0.2) is 42.5 Å². The van der Waals surface area contributed by atoms with Gasteiger partial charge in [-0.1, -0.05) is 17.7 Å². The number of halogens is 1. The largest absolute Gasteiger partial charge is 0.370 e. The van der Waals surface area contributed by atoms with Gasteiger partial charge in [-0.25, -0.2) is 0 Å². The van der Waals surface area contributed by atoms with Crippen LogP contribution in [0.3, 0.4) is 0 Å². The molecule has 1 atom stereocenters. The lowest BCUT2D eigenvalue weighted by Gasteiger charge is -2.18. The van der Waals surface area contributed by atoms with Crippen LogP contribution < -0.4 is 16.4 Å². The second-order valence-corrected chi connectivity index (χ2v) is 7.30. The van der Waals surface area contributed by atoms with Crippen molar-refractivity contribution in [1.29, 1.82) is 0 Å². The minimum absolute atomic E-state index is 0.0107. The van der Waals surface area contributed by atoms with Gasteiger partial charge in [-0.05, 0) is 73.2 Å². The van der Waals surface area contributed by atoms with E-state index in [-0.39, 0.29) is 18.7 Å². The van der Waals surface area contributed by atoms with Crippen LogP contribution in [-0.4, -0.2) is 23.8 Å². The minimum atomic E-state index is -0.885. The third-order valence-corrected chi connectivity index (χ3v) is 5.03. The van der Waals surface area contributed by atoms with E-state index in [2.05, 4.69) is 10.6 Å². The third kappa shape index (κ3) is 5.10. The van der Waals surface area contributed by atoms with Gasteiger partial charge in [-0.3, -0.25) is 14.4 Å². The molecule has 0 aliphatic heterocycles. The molecule has 0 radical (unpaired) electrons. The number of hydrogen-bond acceptors (Lipinski definition) is 3. The number of fused-ring (bicyclic) bond motifs is 1. The van der Waals surface area contributed by atoms with E-state index in [4.69, 9.17) is 17.3 Å². The fourth-order valence-corrected chi connectivity index (χ4v) is 3.40. The molecule has 3 rings (SSSR count). The molecule has 6 nitrogen and oxygen atoms in total. The zero-order chi connectivity index (χ0) is 20.1. The molecule has 3 amide bonds. The number of aryl methyl sites for hydroxylation is 2. The van der Waals surface area contributed by atoms with E-state index in [0.29, 0.717) is 16.3 Å². The molecule has 0 saturated carbocycles. The molecule has 146 valence electrons. The number of benzene rings is 2. The Morgan fingerprint density at radius 2 is 1.75 bits per heavy atom. The fourth-order valence-electron chi connectivity index (χ4n) is 3.28. The van der Waals surface area contributed by atoms with Gasteiger partial charge >= 0.3 is 0 Å². The summed E-state index contributed by atoms with van der Waals surface area (Å²) in [5.41, 5.74) is 8.80. The molecule has 2 aromatic carbocycles. The van der Waals surface area contributed by atoms with Crippen LogP contribution in [0.5, 0.6) is 0 Å². The highest BCUT2D eigenvalue weighted by Crippen LogP contribution is 2.25. The number of primary amides is 1. The molecule has 4 N–H and O–H groups in total. The first kappa shape index (κ1) is 19.9. The molecule has 2 aromatic rings. The zero-order valence-electron chi connectivity index (χ0n) is 15.3. The van der Waals surface area contributed by atoms with E-state index in [1.807, 2.05) is 18.2 Å². The Kier molecular flexibility index (Phi) is 6.31. The first-order chi connectivity index (χ1) is 13.4. The van der Waals surface area contributed by atoms with Gasteiger partial charge in [-0.2, -0.15) is 0 Å². The van der Waals surface area contributed by atoms with Crippen LogP contribution in [0, 0.1) is 0 Å². The number of nitrogens with two attached hydrogens (primary N) is 1. The van der Waals surface area contributed by atoms with E-state index in [9.17, 15) is 14.4 Å². The highest BCUT2D eigenvalue weighted by atomic mass is 35.5. The molecule has 0 spiro atoms. The topological polar surface area (TPSA) is 101 Å². The number of nitrogens with one attached hydrogen (secondary N) is 2. The SMILES string of the molecule is NC(=O)CCC(NC(=O)c1ccc(Cl)cc1)C(=O)Nc1ccc2c(c1)CCC2. The maximum absolute atomic E-state index is 12.7. The van der Waals surface area contributed by atoms with Crippen molar-refractivity contribution in [3.8, 4) is 0 Å². The van der Waals surface area contributed by atoms with Gasteiger partial charge < -0.3 is 16.4 Å². The van der Waals surface area contributed by atoms with Crippen LogP contribution in [0.25, 0.3) is 0 Å². The Labute approximate surface area is 168 Å². The van der Waals surface area contributed by atoms with Crippen molar-refractivity contribution in [2.75, 3.05) is 5.32 Å². The Bertz CT molecular complexity index is 896. The maximum Gasteiger partial charge on any atom is 0.251 e. The van der Waals surface area contributed by atoms with Gasteiger partial charge in [-0.15, -0.1) is 0 Å². The summed E-state index contributed by atoms with van der Waals surface area (Å²) in [6.45, 7) is 0. The van der Waals surface area contributed by atoms with E-state index < -0.39 is 17.9 Å². The molecule has 0 heterocycles. The first-order valence-electron chi connectivity index (χ1n) is 9.20. The number of hydrogen-bond donors (Lipinski definition) is 3. The average Bonchev–Trinajstić information content (AvgIpc) is 3.13. The molecule has 28 heavy (non-hydrogen) atoms. The van der Waals surface area contributed by atoms with Crippen LogP contribution in [0.4, 0.5) is 5.69 Å². The van der Waals surface area contributed by atoms with Crippen molar-refractivity contribution in [3.05, 3.63) is 64.2 Å². The number of amides is 3. The van der Waals surface area contributed by atoms with Crippen LogP contribution in [0.2, 0.25) is 5.02 Å². The number of anilines is 1. The van der Waals surface area contributed by atoms with Gasteiger partial charge in [0.2, 0.25) is 11.8 Å². The number of rotatable bonds is 7. The molecular formula is C21H22ClN3O3. The standard InChI is InChI=1S/C21H22ClN3O3/c22-16-7-4-14(5-8-16)20(27)25-18(10-11-19(23)26)21(28)24-17-9-6-13-2-1-3-15(13)12-17/h4-9,12,18H,1-3,10-11H2,(H2,23,26)(H,24,28)(H,25,27). The summed E-state index contributed by atoms with van der Waals surface area (Å²) in [6, 6.07) is 11.3. The second kappa shape index (κ2) is 8.89. The lowest BCUT2D eigenvalue weighted by Crippen LogP contribution is -2.44. The summed E-state index contributed by atoms with van der Waals surface area (Å²) < 4.78 is 0. The van der Waals surface area contributed by atoms with Crippen LogP contribution in [-0.2, 0) is 22.4 Å². The predicted octanol–water partition coefficient (Wildman–Crippen LogP) is 2.83. The summed E-state index contributed by atoms with van der Waals surface area (Å²) >= 11 is 5.84. The van der Waals surface area contributed by atoms with Crippen molar-refractivity contribution in [2.24, 2.45) is 5.73 Å². The fraction of sp³-hybridized carbons (Fsp3) is 0.286. The van der Waals surface area contributed by atoms with Gasteiger partial charge in [0.15, 0.2) is 0 Å². The minimum Gasteiger partial charge on any atom is -0.370 e. The van der Waals surface area contributed by atoms with Crippen molar-refractivity contribution >= 4 is 35.0 Å². The molecule has 7 heteroatoms. The van der Waals surface area contributed by atoms with E-state index in [1.165, 1.54) is 11.1 Å². The molecule has 0 bridgehead atoms. The summed E-state index contributed by atoms with van der Waals surface area (Å²) in [4.78, 5) is 36.4. The quantitative estimate of drug-likeness (QED) is 0.667. The third-order valence-electron chi connectivity index (χ3n) is 4.77. The van der Waals surface area contributed by atoms with Crippen LogP contribution >= 0.6 is 11.6 Å². The number of carbonyl (C=O) groups is 3. The molecule has 1 aliphatic carbocycles. The average molecular weight is 400 g/mol. The normalized spacial score (nSPS) is 13.5. The molecule has 0 saturated heterocycles. The summed E-state index contributed by atoms with van der Waals surface area (Å²) in [5, 5.41) is 6.02. The highest BCUT2D eigenvalue weighted by Gasteiger charge is 2.23. The molecule has 1 unspecified atom stereocenters. The van der Waals surface area contributed by atoms with Gasteiger partial charge in [0.05, 0.1) is 0 Å². The Balaban J connectivity index is 1.70. The van der Waals surface area contributed by atoms with E-state index in [0.717, 1.165) is 19.3 Å². The molecule has 0 fully saturated rings. The smallest absolute Gasteiger partial charge is 0.251 e. The van der Waals surface area contributed by atoms with Gasteiger partial charge in [0.1, 0.15) is 6.04 Å². The molecular weight excluding hydrogens is 378 g/mol. The lowest BCUT2D eigenvalue weighted by molar-refractivity contribution is -0.119. The highest BCUT2D eigenvalue weighted by molar-refractivity contribution is 6.30. The molecule has 1 aliphatic rings. The predicted molar refractivity (Wildman–Crippen MR) is 108 cm³/mol. The van der Waals surface area contributed by atoms with Crippen LogP contribution in [0.1, 0.15) is 40.7 Å². The molecule has 0 aromatic heterocycles. The summed E-state index contributed by atoms with van der Waals surface area (Å²) in [6.07, 6.45) is 3.28. The zero-order valence-corrected chi connectivity index (χ0v) is 16.1.